The smallest absolute Gasteiger partial charge is 0.323 e. The van der Waals surface area contributed by atoms with Crippen molar-refractivity contribution in [2.45, 2.75) is 26.8 Å². The van der Waals surface area contributed by atoms with Crippen molar-refractivity contribution in [3.05, 3.63) is 35.4 Å². The Morgan fingerprint density at radius 3 is 2.60 bits per heavy atom. The zero-order valence-electron chi connectivity index (χ0n) is 11.8. The Morgan fingerprint density at radius 1 is 1.15 bits per heavy atom. The molecule has 1 aromatic carbocycles. The quantitative estimate of drug-likeness (QED) is 0.838. The van der Waals surface area contributed by atoms with Crippen LogP contribution in [0.1, 0.15) is 24.5 Å². The third-order valence-corrected chi connectivity index (χ3v) is 2.64. The standard InChI is InChI=1S/C14H19N5O/c1-3-8-20-14-18-12(15)17-13(19-14)16-9-11-6-4-10(2)5-7-11/h4-7H,3,8-9H2,1-2H3,(H3,15,16,17,18,19). The first kappa shape index (κ1) is 14.0. The zero-order valence-corrected chi connectivity index (χ0v) is 11.8. The lowest BCUT2D eigenvalue weighted by Gasteiger charge is -2.08. The van der Waals surface area contributed by atoms with Gasteiger partial charge in [0, 0.05) is 6.54 Å². The van der Waals surface area contributed by atoms with Crippen LogP contribution in [-0.4, -0.2) is 21.6 Å². The predicted molar refractivity (Wildman–Crippen MR) is 78.5 cm³/mol. The Labute approximate surface area is 118 Å². The summed E-state index contributed by atoms with van der Waals surface area (Å²) in [4.78, 5) is 12.1. The summed E-state index contributed by atoms with van der Waals surface area (Å²) in [6.07, 6.45) is 0.887. The molecule has 0 aliphatic heterocycles. The maximum absolute atomic E-state index is 5.64. The van der Waals surface area contributed by atoms with Crippen LogP contribution in [0.3, 0.4) is 0 Å². The van der Waals surface area contributed by atoms with Crippen molar-refractivity contribution in [1.29, 1.82) is 0 Å². The minimum atomic E-state index is 0.150. The van der Waals surface area contributed by atoms with E-state index < -0.39 is 0 Å². The molecule has 0 aliphatic carbocycles. The number of nitrogens with one attached hydrogen (secondary N) is 1. The van der Waals surface area contributed by atoms with Gasteiger partial charge in [-0.2, -0.15) is 15.0 Å². The van der Waals surface area contributed by atoms with Crippen LogP contribution in [0.4, 0.5) is 11.9 Å². The third kappa shape index (κ3) is 4.08. The van der Waals surface area contributed by atoms with Gasteiger partial charge >= 0.3 is 6.01 Å². The van der Waals surface area contributed by atoms with Gasteiger partial charge in [0.2, 0.25) is 11.9 Å². The summed E-state index contributed by atoms with van der Waals surface area (Å²) in [5.74, 6) is 0.571. The molecule has 3 N–H and O–H groups in total. The molecule has 0 atom stereocenters. The van der Waals surface area contributed by atoms with E-state index in [1.807, 2.05) is 6.92 Å². The fourth-order valence-electron chi connectivity index (χ4n) is 1.60. The number of ether oxygens (including phenoxy) is 1. The molecule has 2 rings (SSSR count). The molecule has 0 aliphatic rings. The number of rotatable bonds is 6. The molecule has 0 bridgehead atoms. The number of nitrogen functional groups attached to an aromatic ring is 1. The number of benzene rings is 1. The molecule has 1 heterocycles. The van der Waals surface area contributed by atoms with Gasteiger partial charge in [-0.05, 0) is 18.9 Å². The lowest BCUT2D eigenvalue weighted by molar-refractivity contribution is 0.292. The van der Waals surface area contributed by atoms with Crippen LogP contribution >= 0.6 is 0 Å². The second-order valence-corrected chi connectivity index (χ2v) is 4.49. The first-order valence-corrected chi connectivity index (χ1v) is 6.61. The fraction of sp³-hybridized carbons (Fsp3) is 0.357. The molecule has 0 fully saturated rings. The highest BCUT2D eigenvalue weighted by Crippen LogP contribution is 2.11. The van der Waals surface area contributed by atoms with Crippen LogP contribution < -0.4 is 15.8 Å². The molecule has 20 heavy (non-hydrogen) atoms. The van der Waals surface area contributed by atoms with Gasteiger partial charge in [-0.15, -0.1) is 0 Å². The number of aryl methyl sites for hydroxylation is 1. The van der Waals surface area contributed by atoms with Crippen LogP contribution in [0.2, 0.25) is 0 Å². The van der Waals surface area contributed by atoms with Gasteiger partial charge in [-0.3, -0.25) is 0 Å². The van der Waals surface area contributed by atoms with E-state index in [2.05, 4.69) is 51.5 Å². The van der Waals surface area contributed by atoms with Gasteiger partial charge in [0.1, 0.15) is 0 Å². The lowest BCUT2D eigenvalue weighted by atomic mass is 10.1. The SMILES string of the molecule is CCCOc1nc(N)nc(NCc2ccc(C)cc2)n1. The maximum Gasteiger partial charge on any atom is 0.323 e. The molecule has 0 radical (unpaired) electrons. The highest BCUT2D eigenvalue weighted by molar-refractivity contribution is 5.34. The van der Waals surface area contributed by atoms with Crippen molar-refractivity contribution in [1.82, 2.24) is 15.0 Å². The molecule has 0 unspecified atom stereocenters. The normalized spacial score (nSPS) is 10.3. The van der Waals surface area contributed by atoms with Crippen LogP contribution in [0.5, 0.6) is 6.01 Å². The molecule has 106 valence electrons. The second-order valence-electron chi connectivity index (χ2n) is 4.49. The monoisotopic (exact) mass is 273 g/mol. The van der Waals surface area contributed by atoms with Gasteiger partial charge in [0.25, 0.3) is 0 Å². The van der Waals surface area contributed by atoms with Crippen LogP contribution in [-0.2, 0) is 6.54 Å². The minimum absolute atomic E-state index is 0.150. The Bertz CT molecular complexity index is 556. The summed E-state index contributed by atoms with van der Waals surface area (Å²) >= 11 is 0. The lowest BCUT2D eigenvalue weighted by Crippen LogP contribution is -2.09. The molecule has 0 amide bonds. The number of anilines is 2. The average molecular weight is 273 g/mol. The first-order valence-electron chi connectivity index (χ1n) is 6.61. The first-order chi connectivity index (χ1) is 9.67. The Morgan fingerprint density at radius 2 is 1.90 bits per heavy atom. The van der Waals surface area contributed by atoms with Gasteiger partial charge in [-0.25, -0.2) is 0 Å². The molecule has 6 nitrogen and oxygen atoms in total. The fourth-order valence-corrected chi connectivity index (χ4v) is 1.60. The molecule has 1 aromatic heterocycles. The summed E-state index contributed by atoms with van der Waals surface area (Å²) in [6.45, 7) is 5.25. The second kappa shape index (κ2) is 6.70. The van der Waals surface area contributed by atoms with Crippen LogP contribution in [0.25, 0.3) is 0 Å². The van der Waals surface area contributed by atoms with Crippen molar-refractivity contribution in [2.75, 3.05) is 17.7 Å². The Kier molecular flexibility index (Phi) is 4.70. The number of hydrogen-bond donors (Lipinski definition) is 2. The van der Waals surface area contributed by atoms with Crippen molar-refractivity contribution in [2.24, 2.45) is 0 Å². The number of nitrogens with zero attached hydrogens (tertiary/aromatic N) is 3. The minimum Gasteiger partial charge on any atom is -0.463 e. The van der Waals surface area contributed by atoms with E-state index >= 15 is 0 Å². The topological polar surface area (TPSA) is 86.0 Å². The summed E-state index contributed by atoms with van der Waals surface area (Å²) in [5, 5.41) is 3.12. The van der Waals surface area contributed by atoms with E-state index in [9.17, 15) is 0 Å². The van der Waals surface area contributed by atoms with E-state index in [4.69, 9.17) is 10.5 Å². The molecular weight excluding hydrogens is 254 g/mol. The Balaban J connectivity index is 2.01. The molecule has 6 heteroatoms. The van der Waals surface area contributed by atoms with Gasteiger partial charge in [-0.1, -0.05) is 36.8 Å². The van der Waals surface area contributed by atoms with Crippen molar-refractivity contribution >= 4 is 11.9 Å². The van der Waals surface area contributed by atoms with E-state index in [1.165, 1.54) is 5.56 Å². The van der Waals surface area contributed by atoms with Crippen LogP contribution in [0.15, 0.2) is 24.3 Å². The number of hydrogen-bond acceptors (Lipinski definition) is 6. The summed E-state index contributed by atoms with van der Waals surface area (Å²) in [5.41, 5.74) is 8.01. The number of aromatic nitrogens is 3. The van der Waals surface area contributed by atoms with E-state index in [0.29, 0.717) is 19.1 Å². The van der Waals surface area contributed by atoms with E-state index in [1.54, 1.807) is 0 Å². The maximum atomic E-state index is 5.64. The predicted octanol–water partition coefficient (Wildman–Crippen LogP) is 2.16. The van der Waals surface area contributed by atoms with Crippen molar-refractivity contribution in [3.8, 4) is 6.01 Å². The average Bonchev–Trinajstić information content (AvgIpc) is 2.44. The Hall–Kier alpha value is -2.37. The zero-order chi connectivity index (χ0) is 14.4. The highest BCUT2D eigenvalue weighted by atomic mass is 16.5. The number of nitrogens with two attached hydrogens (primary N) is 1. The molecule has 2 aromatic rings. The van der Waals surface area contributed by atoms with Crippen molar-refractivity contribution < 1.29 is 4.74 Å². The van der Waals surface area contributed by atoms with Gasteiger partial charge in [0.15, 0.2) is 0 Å². The van der Waals surface area contributed by atoms with Crippen molar-refractivity contribution in [3.63, 3.8) is 0 Å². The highest BCUT2D eigenvalue weighted by Gasteiger charge is 2.05. The summed E-state index contributed by atoms with van der Waals surface area (Å²) < 4.78 is 5.36. The molecule has 0 saturated heterocycles. The third-order valence-electron chi connectivity index (χ3n) is 2.64. The van der Waals surface area contributed by atoms with E-state index in [-0.39, 0.29) is 12.0 Å². The van der Waals surface area contributed by atoms with Crippen LogP contribution in [0, 0.1) is 6.92 Å². The largest absolute Gasteiger partial charge is 0.463 e. The van der Waals surface area contributed by atoms with E-state index in [0.717, 1.165) is 12.0 Å². The van der Waals surface area contributed by atoms with Gasteiger partial charge in [0.05, 0.1) is 6.61 Å². The molecular formula is C14H19N5O. The molecule has 0 saturated carbocycles. The van der Waals surface area contributed by atoms with Gasteiger partial charge < -0.3 is 15.8 Å². The summed E-state index contributed by atoms with van der Waals surface area (Å²) in [7, 11) is 0. The summed E-state index contributed by atoms with van der Waals surface area (Å²) in [6, 6.07) is 8.50. The molecule has 0 spiro atoms.